The molecule has 0 aromatic heterocycles. The van der Waals surface area contributed by atoms with Gasteiger partial charge >= 0.3 is 0 Å². The molecule has 2 aromatic carbocycles. The maximum atomic E-state index is 12.4. The van der Waals surface area contributed by atoms with Gasteiger partial charge in [-0.05, 0) is 48.1 Å². The summed E-state index contributed by atoms with van der Waals surface area (Å²) < 4.78 is 0. The molecule has 1 heterocycles. The lowest BCUT2D eigenvalue weighted by molar-refractivity contribution is -0.134. The van der Waals surface area contributed by atoms with E-state index >= 15 is 0 Å². The van der Waals surface area contributed by atoms with Gasteiger partial charge in [0.05, 0.1) is 13.1 Å². The number of aryl methyl sites for hydroxylation is 2. The van der Waals surface area contributed by atoms with Gasteiger partial charge in [0.15, 0.2) is 0 Å². The first-order chi connectivity index (χ1) is 15.6. The van der Waals surface area contributed by atoms with Crippen LogP contribution in [0.3, 0.4) is 0 Å². The van der Waals surface area contributed by atoms with Gasteiger partial charge in [-0.25, -0.2) is 0 Å². The van der Waals surface area contributed by atoms with E-state index in [-0.39, 0.29) is 30.8 Å². The molecule has 7 nitrogen and oxygen atoms in total. The van der Waals surface area contributed by atoms with E-state index < -0.39 is 0 Å². The summed E-state index contributed by atoms with van der Waals surface area (Å²) in [5.74, 6) is -0.728. The second-order valence-electron chi connectivity index (χ2n) is 8.44. The summed E-state index contributed by atoms with van der Waals surface area (Å²) in [6, 6.07) is 16.0. The van der Waals surface area contributed by atoms with Crippen molar-refractivity contribution < 1.29 is 14.4 Å². The first-order valence-corrected chi connectivity index (χ1v) is 11.3. The molecule has 32 heavy (non-hydrogen) atoms. The monoisotopic (exact) mass is 434 g/mol. The SMILES string of the molecule is O=C(CNC(=O)c1ccc2c(c1)CCC2)NCC(=O)N1CCN(Cc2ccccc2)CC1. The molecule has 0 atom stereocenters. The first kappa shape index (κ1) is 22.0. The zero-order valence-electron chi connectivity index (χ0n) is 18.3. The minimum absolute atomic E-state index is 0.0494. The van der Waals surface area contributed by atoms with E-state index in [1.54, 1.807) is 11.0 Å². The lowest BCUT2D eigenvalue weighted by Gasteiger charge is -2.34. The van der Waals surface area contributed by atoms with E-state index in [9.17, 15) is 14.4 Å². The molecule has 7 heteroatoms. The van der Waals surface area contributed by atoms with Crippen LogP contribution in [0.4, 0.5) is 0 Å². The van der Waals surface area contributed by atoms with Crippen molar-refractivity contribution in [2.75, 3.05) is 39.3 Å². The van der Waals surface area contributed by atoms with Gasteiger partial charge in [-0.3, -0.25) is 19.3 Å². The molecule has 1 aliphatic carbocycles. The molecule has 4 rings (SSSR count). The van der Waals surface area contributed by atoms with Crippen LogP contribution in [0.5, 0.6) is 0 Å². The second kappa shape index (κ2) is 10.4. The van der Waals surface area contributed by atoms with E-state index in [4.69, 9.17) is 0 Å². The fraction of sp³-hybridized carbons (Fsp3) is 0.400. The van der Waals surface area contributed by atoms with Crippen molar-refractivity contribution in [1.29, 1.82) is 0 Å². The predicted molar refractivity (Wildman–Crippen MR) is 122 cm³/mol. The van der Waals surface area contributed by atoms with Crippen LogP contribution in [0.1, 0.15) is 33.5 Å². The number of carbonyl (C=O) groups is 3. The molecule has 0 bridgehead atoms. The number of nitrogens with zero attached hydrogens (tertiary/aromatic N) is 2. The fourth-order valence-electron chi connectivity index (χ4n) is 4.32. The minimum atomic E-state index is -0.365. The van der Waals surface area contributed by atoms with Crippen LogP contribution in [-0.2, 0) is 29.0 Å². The molecule has 1 fully saturated rings. The molecule has 1 aliphatic heterocycles. The van der Waals surface area contributed by atoms with Crippen LogP contribution in [-0.4, -0.2) is 66.8 Å². The Morgan fingerprint density at radius 2 is 1.56 bits per heavy atom. The number of nitrogens with one attached hydrogen (secondary N) is 2. The van der Waals surface area contributed by atoms with Gasteiger partial charge in [0.1, 0.15) is 0 Å². The molecular formula is C25H30N4O3. The van der Waals surface area contributed by atoms with Gasteiger partial charge in [0, 0.05) is 38.3 Å². The highest BCUT2D eigenvalue weighted by molar-refractivity contribution is 5.97. The predicted octanol–water partition coefficient (Wildman–Crippen LogP) is 1.37. The summed E-state index contributed by atoms with van der Waals surface area (Å²) in [5.41, 5.74) is 4.36. The third-order valence-electron chi connectivity index (χ3n) is 6.18. The summed E-state index contributed by atoms with van der Waals surface area (Å²) in [6.45, 7) is 3.61. The van der Waals surface area contributed by atoms with Gasteiger partial charge in [0.2, 0.25) is 11.8 Å². The van der Waals surface area contributed by atoms with Crippen molar-refractivity contribution in [3.63, 3.8) is 0 Å². The summed E-state index contributed by atoms with van der Waals surface area (Å²) in [7, 11) is 0. The van der Waals surface area contributed by atoms with Crippen molar-refractivity contribution in [1.82, 2.24) is 20.4 Å². The molecule has 0 radical (unpaired) electrons. The quantitative estimate of drug-likeness (QED) is 0.690. The molecule has 2 N–H and O–H groups in total. The Balaban J connectivity index is 1.14. The molecule has 2 aliphatic rings. The Morgan fingerprint density at radius 3 is 2.34 bits per heavy atom. The maximum absolute atomic E-state index is 12.4. The highest BCUT2D eigenvalue weighted by atomic mass is 16.2. The number of rotatable bonds is 7. The molecule has 1 saturated heterocycles. The van der Waals surface area contributed by atoms with E-state index in [2.05, 4.69) is 27.7 Å². The van der Waals surface area contributed by atoms with Crippen LogP contribution < -0.4 is 10.6 Å². The Labute approximate surface area is 188 Å². The second-order valence-corrected chi connectivity index (χ2v) is 8.44. The number of benzene rings is 2. The van der Waals surface area contributed by atoms with Crippen LogP contribution in [0.25, 0.3) is 0 Å². The van der Waals surface area contributed by atoms with Crippen molar-refractivity contribution in [3.05, 3.63) is 70.8 Å². The van der Waals surface area contributed by atoms with E-state index in [1.165, 1.54) is 16.7 Å². The lowest BCUT2D eigenvalue weighted by Crippen LogP contribution is -2.51. The molecule has 0 spiro atoms. The van der Waals surface area contributed by atoms with Gasteiger partial charge in [-0.1, -0.05) is 36.4 Å². The van der Waals surface area contributed by atoms with Gasteiger partial charge in [-0.15, -0.1) is 0 Å². The van der Waals surface area contributed by atoms with E-state index in [0.717, 1.165) is 38.9 Å². The third kappa shape index (κ3) is 5.73. The van der Waals surface area contributed by atoms with Gasteiger partial charge in [-0.2, -0.15) is 0 Å². The van der Waals surface area contributed by atoms with E-state index in [1.807, 2.05) is 30.3 Å². The molecule has 168 valence electrons. The van der Waals surface area contributed by atoms with Crippen LogP contribution in [0.15, 0.2) is 48.5 Å². The third-order valence-corrected chi connectivity index (χ3v) is 6.18. The smallest absolute Gasteiger partial charge is 0.251 e. The van der Waals surface area contributed by atoms with Gasteiger partial charge < -0.3 is 15.5 Å². The summed E-state index contributed by atoms with van der Waals surface area (Å²) >= 11 is 0. The number of piperazine rings is 1. The van der Waals surface area contributed by atoms with Crippen molar-refractivity contribution in [3.8, 4) is 0 Å². The molecule has 0 unspecified atom stereocenters. The highest BCUT2D eigenvalue weighted by Gasteiger charge is 2.21. The lowest BCUT2D eigenvalue weighted by atomic mass is 10.1. The Hall–Kier alpha value is -3.19. The van der Waals surface area contributed by atoms with Crippen molar-refractivity contribution >= 4 is 17.7 Å². The van der Waals surface area contributed by atoms with Crippen molar-refractivity contribution in [2.24, 2.45) is 0 Å². The summed E-state index contributed by atoms with van der Waals surface area (Å²) in [6.07, 6.45) is 3.19. The number of hydrogen-bond donors (Lipinski definition) is 2. The average Bonchev–Trinajstić information content (AvgIpc) is 3.30. The number of carbonyl (C=O) groups excluding carboxylic acids is 3. The number of hydrogen-bond acceptors (Lipinski definition) is 4. The first-order valence-electron chi connectivity index (χ1n) is 11.3. The van der Waals surface area contributed by atoms with E-state index in [0.29, 0.717) is 18.7 Å². The minimum Gasteiger partial charge on any atom is -0.345 e. The van der Waals surface area contributed by atoms with Crippen LogP contribution in [0.2, 0.25) is 0 Å². The maximum Gasteiger partial charge on any atom is 0.251 e. The molecule has 3 amide bonds. The Bertz CT molecular complexity index is 968. The van der Waals surface area contributed by atoms with Crippen molar-refractivity contribution in [2.45, 2.75) is 25.8 Å². The standard InChI is InChI=1S/C25H30N4O3/c30-23(16-27-25(32)22-10-9-20-7-4-8-21(20)15-22)26-17-24(31)29-13-11-28(12-14-29)18-19-5-2-1-3-6-19/h1-3,5-6,9-10,15H,4,7-8,11-14,16-18H2,(H,26,30)(H,27,32). The Kier molecular flexibility index (Phi) is 7.17. The number of amides is 3. The summed E-state index contributed by atoms with van der Waals surface area (Å²) in [5, 5.41) is 5.26. The zero-order chi connectivity index (χ0) is 22.3. The molecule has 0 saturated carbocycles. The average molecular weight is 435 g/mol. The largest absolute Gasteiger partial charge is 0.345 e. The Morgan fingerprint density at radius 1 is 0.812 bits per heavy atom. The van der Waals surface area contributed by atoms with Crippen LogP contribution >= 0.6 is 0 Å². The topological polar surface area (TPSA) is 81.8 Å². The highest BCUT2D eigenvalue weighted by Crippen LogP contribution is 2.22. The van der Waals surface area contributed by atoms with Crippen LogP contribution in [0, 0.1) is 0 Å². The normalized spacial score (nSPS) is 15.8. The zero-order valence-corrected chi connectivity index (χ0v) is 18.3. The fourth-order valence-corrected chi connectivity index (χ4v) is 4.32. The number of fused-ring (bicyclic) bond motifs is 1. The van der Waals surface area contributed by atoms with Gasteiger partial charge in [0.25, 0.3) is 5.91 Å². The molecular weight excluding hydrogens is 404 g/mol. The summed E-state index contributed by atoms with van der Waals surface area (Å²) in [4.78, 5) is 41.0. The molecule has 2 aromatic rings.